The smallest absolute Gasteiger partial charge is 0.406 e. The minimum absolute atomic E-state index is 0.120. The van der Waals surface area contributed by atoms with E-state index in [0.29, 0.717) is 5.69 Å². The second kappa shape index (κ2) is 9.17. The van der Waals surface area contributed by atoms with Gasteiger partial charge >= 0.3 is 12.4 Å². The van der Waals surface area contributed by atoms with Crippen LogP contribution in [0.15, 0.2) is 54.6 Å². The fraction of sp³-hybridized carbons (Fsp3) is 0.381. The molecule has 0 aliphatic carbocycles. The molecule has 1 aliphatic rings. The van der Waals surface area contributed by atoms with E-state index in [4.69, 9.17) is 0 Å². The van der Waals surface area contributed by atoms with Crippen molar-refractivity contribution in [3.63, 3.8) is 0 Å². The molecule has 1 heterocycles. The molecule has 1 fully saturated rings. The lowest BCUT2D eigenvalue weighted by Crippen LogP contribution is -2.46. The van der Waals surface area contributed by atoms with Crippen LogP contribution < -0.4 is 10.1 Å². The Labute approximate surface area is 168 Å². The lowest BCUT2D eigenvalue weighted by atomic mass is 10.0. The SMILES string of the molecule is CN(C(=O)Nc1ccc(OC(F)(F)F)cc1)C1CCN(Cc2ccccc2)CC1. The number of ether oxygens (including phenoxy) is 1. The highest BCUT2D eigenvalue weighted by molar-refractivity contribution is 5.89. The lowest BCUT2D eigenvalue weighted by molar-refractivity contribution is -0.274. The molecule has 2 aromatic rings. The first-order valence-electron chi connectivity index (χ1n) is 9.46. The van der Waals surface area contributed by atoms with Gasteiger partial charge in [0, 0.05) is 38.4 Å². The summed E-state index contributed by atoms with van der Waals surface area (Å²) in [6.45, 7) is 2.71. The molecule has 1 saturated heterocycles. The van der Waals surface area contributed by atoms with E-state index in [0.717, 1.165) is 32.5 Å². The predicted molar refractivity (Wildman–Crippen MR) is 105 cm³/mol. The monoisotopic (exact) mass is 407 g/mol. The summed E-state index contributed by atoms with van der Waals surface area (Å²) in [4.78, 5) is 16.5. The summed E-state index contributed by atoms with van der Waals surface area (Å²) >= 11 is 0. The number of hydrogen-bond acceptors (Lipinski definition) is 3. The molecule has 1 N–H and O–H groups in total. The van der Waals surface area contributed by atoms with Crippen molar-refractivity contribution in [1.29, 1.82) is 0 Å². The van der Waals surface area contributed by atoms with Crippen LogP contribution in [0.25, 0.3) is 0 Å². The number of piperidine rings is 1. The Bertz CT molecular complexity index is 789. The average molecular weight is 407 g/mol. The maximum Gasteiger partial charge on any atom is 0.573 e. The molecule has 29 heavy (non-hydrogen) atoms. The first-order chi connectivity index (χ1) is 13.8. The Morgan fingerprint density at radius 2 is 1.72 bits per heavy atom. The Morgan fingerprint density at radius 1 is 1.10 bits per heavy atom. The highest BCUT2D eigenvalue weighted by atomic mass is 19.4. The first kappa shape index (κ1) is 21.0. The maximum absolute atomic E-state index is 12.5. The van der Waals surface area contributed by atoms with Crippen LogP contribution >= 0.6 is 0 Å². The number of amides is 2. The highest BCUT2D eigenvalue weighted by Gasteiger charge is 2.31. The molecule has 1 aliphatic heterocycles. The van der Waals surface area contributed by atoms with Gasteiger partial charge in [-0.15, -0.1) is 13.2 Å². The number of carbonyl (C=O) groups is 1. The van der Waals surface area contributed by atoms with Crippen molar-refractivity contribution in [2.45, 2.75) is 31.8 Å². The van der Waals surface area contributed by atoms with E-state index in [1.807, 2.05) is 18.2 Å². The van der Waals surface area contributed by atoms with Crippen LogP contribution in [0.5, 0.6) is 5.75 Å². The molecule has 0 spiro atoms. The van der Waals surface area contributed by atoms with Gasteiger partial charge in [0.2, 0.25) is 0 Å². The number of alkyl halides is 3. The number of carbonyl (C=O) groups excluding carboxylic acids is 1. The van der Waals surface area contributed by atoms with E-state index in [9.17, 15) is 18.0 Å². The largest absolute Gasteiger partial charge is 0.573 e. The van der Waals surface area contributed by atoms with Crippen molar-refractivity contribution in [3.8, 4) is 5.75 Å². The summed E-state index contributed by atoms with van der Waals surface area (Å²) in [6, 6.07) is 15.2. The number of benzene rings is 2. The quantitative estimate of drug-likeness (QED) is 0.781. The normalized spacial score (nSPS) is 15.7. The standard InChI is InChI=1S/C21H24F3N3O2/c1-26(18-11-13-27(14-12-18)15-16-5-3-2-4-6-16)20(28)25-17-7-9-19(10-8-17)29-21(22,23)24/h2-10,18H,11-15H2,1H3,(H,25,28). The van der Waals surface area contributed by atoms with Crippen molar-refractivity contribution >= 4 is 11.7 Å². The van der Waals surface area contributed by atoms with Gasteiger partial charge in [-0.05, 0) is 42.7 Å². The highest BCUT2D eigenvalue weighted by Crippen LogP contribution is 2.24. The Morgan fingerprint density at radius 3 is 2.31 bits per heavy atom. The number of rotatable bonds is 5. The van der Waals surface area contributed by atoms with Crippen molar-refractivity contribution < 1.29 is 22.7 Å². The minimum Gasteiger partial charge on any atom is -0.406 e. The molecule has 156 valence electrons. The zero-order valence-corrected chi connectivity index (χ0v) is 16.2. The third kappa shape index (κ3) is 6.39. The number of anilines is 1. The van der Waals surface area contributed by atoms with Crippen LogP contribution in [0.4, 0.5) is 23.7 Å². The van der Waals surface area contributed by atoms with E-state index in [-0.39, 0.29) is 17.8 Å². The number of halogens is 3. The van der Waals surface area contributed by atoms with E-state index >= 15 is 0 Å². The van der Waals surface area contributed by atoms with Gasteiger partial charge < -0.3 is 15.0 Å². The van der Waals surface area contributed by atoms with Crippen molar-refractivity contribution in [2.75, 3.05) is 25.5 Å². The number of urea groups is 1. The summed E-state index contributed by atoms with van der Waals surface area (Å²) in [5, 5.41) is 2.72. The van der Waals surface area contributed by atoms with E-state index in [1.165, 1.54) is 29.8 Å². The molecule has 0 radical (unpaired) electrons. The fourth-order valence-corrected chi connectivity index (χ4v) is 3.42. The van der Waals surface area contributed by atoms with Crippen LogP contribution in [-0.4, -0.2) is 48.4 Å². The van der Waals surface area contributed by atoms with Crippen molar-refractivity contribution in [3.05, 3.63) is 60.2 Å². The minimum atomic E-state index is -4.74. The number of nitrogens with zero attached hydrogens (tertiary/aromatic N) is 2. The number of nitrogens with one attached hydrogen (secondary N) is 1. The van der Waals surface area contributed by atoms with Crippen LogP contribution in [0.2, 0.25) is 0 Å². The Balaban J connectivity index is 1.47. The predicted octanol–water partition coefficient (Wildman–Crippen LogP) is 4.71. The van der Waals surface area contributed by atoms with Crippen molar-refractivity contribution in [1.82, 2.24) is 9.80 Å². The topological polar surface area (TPSA) is 44.8 Å². The molecule has 2 aromatic carbocycles. The maximum atomic E-state index is 12.5. The Hall–Kier alpha value is -2.74. The molecule has 8 heteroatoms. The molecule has 3 rings (SSSR count). The van der Waals surface area contributed by atoms with Gasteiger partial charge in [0.1, 0.15) is 5.75 Å². The van der Waals surface area contributed by atoms with Crippen molar-refractivity contribution in [2.24, 2.45) is 0 Å². The van der Waals surface area contributed by atoms with E-state index in [1.54, 1.807) is 11.9 Å². The van der Waals surface area contributed by atoms with E-state index < -0.39 is 6.36 Å². The Kier molecular flexibility index (Phi) is 6.64. The van der Waals surface area contributed by atoms with Gasteiger partial charge in [0.25, 0.3) is 0 Å². The van der Waals surface area contributed by atoms with Crippen LogP contribution in [0.3, 0.4) is 0 Å². The number of hydrogen-bond donors (Lipinski definition) is 1. The van der Waals surface area contributed by atoms with Gasteiger partial charge in [-0.3, -0.25) is 4.90 Å². The summed E-state index contributed by atoms with van der Waals surface area (Å²) in [6.07, 6.45) is -3.00. The summed E-state index contributed by atoms with van der Waals surface area (Å²) in [5.41, 5.74) is 1.69. The molecular weight excluding hydrogens is 383 g/mol. The number of likely N-dealkylation sites (tertiary alicyclic amines) is 1. The second-order valence-corrected chi connectivity index (χ2v) is 7.11. The molecule has 5 nitrogen and oxygen atoms in total. The van der Waals surface area contributed by atoms with Gasteiger partial charge in [-0.2, -0.15) is 0 Å². The summed E-state index contributed by atoms with van der Waals surface area (Å²) in [5.74, 6) is -0.324. The molecule has 0 unspecified atom stereocenters. The van der Waals surface area contributed by atoms with Gasteiger partial charge in [-0.1, -0.05) is 30.3 Å². The van der Waals surface area contributed by atoms with Gasteiger partial charge in [-0.25, -0.2) is 4.79 Å². The van der Waals surface area contributed by atoms with Crippen LogP contribution in [-0.2, 0) is 6.54 Å². The van der Waals surface area contributed by atoms with Crippen LogP contribution in [0, 0.1) is 0 Å². The van der Waals surface area contributed by atoms with E-state index in [2.05, 4.69) is 27.1 Å². The second-order valence-electron chi connectivity index (χ2n) is 7.11. The van der Waals surface area contributed by atoms with Gasteiger partial charge in [0.15, 0.2) is 0 Å². The molecule has 0 saturated carbocycles. The molecular formula is C21H24F3N3O2. The molecule has 2 amide bonds. The summed E-state index contributed by atoms with van der Waals surface area (Å²) in [7, 11) is 1.74. The zero-order chi connectivity index (χ0) is 20.9. The zero-order valence-electron chi connectivity index (χ0n) is 16.2. The fourth-order valence-electron chi connectivity index (χ4n) is 3.42. The van der Waals surface area contributed by atoms with Crippen LogP contribution in [0.1, 0.15) is 18.4 Å². The average Bonchev–Trinajstić information content (AvgIpc) is 2.69. The summed E-state index contributed by atoms with van der Waals surface area (Å²) < 4.78 is 40.5. The molecule has 0 aromatic heterocycles. The third-order valence-electron chi connectivity index (χ3n) is 5.01. The molecule has 0 bridgehead atoms. The molecule has 0 atom stereocenters. The third-order valence-corrected chi connectivity index (χ3v) is 5.01. The first-order valence-corrected chi connectivity index (χ1v) is 9.46. The lowest BCUT2D eigenvalue weighted by Gasteiger charge is -2.36. The van der Waals surface area contributed by atoms with Gasteiger partial charge in [0.05, 0.1) is 0 Å².